The van der Waals surface area contributed by atoms with Crippen molar-refractivity contribution in [1.29, 1.82) is 0 Å². The van der Waals surface area contributed by atoms with E-state index in [9.17, 15) is 4.79 Å². The molecule has 0 saturated carbocycles. The van der Waals surface area contributed by atoms with Gasteiger partial charge in [0.15, 0.2) is 0 Å². The molecule has 2 aromatic heterocycles. The lowest BCUT2D eigenvalue weighted by Gasteiger charge is -2.09. The Morgan fingerprint density at radius 1 is 1.15 bits per heavy atom. The van der Waals surface area contributed by atoms with Crippen molar-refractivity contribution in [3.05, 3.63) is 80.0 Å². The zero-order chi connectivity index (χ0) is 18.8. The maximum absolute atomic E-state index is 12.7. The number of carbonyl (C=O) groups is 1. The van der Waals surface area contributed by atoms with Crippen molar-refractivity contribution in [2.75, 3.05) is 6.61 Å². The molecule has 4 nitrogen and oxygen atoms in total. The van der Waals surface area contributed by atoms with E-state index in [0.717, 1.165) is 40.3 Å². The number of halogens is 1. The lowest BCUT2D eigenvalue weighted by atomic mass is 10.0. The van der Waals surface area contributed by atoms with Gasteiger partial charge in [0.1, 0.15) is 5.75 Å². The number of thiazole rings is 1. The summed E-state index contributed by atoms with van der Waals surface area (Å²) in [6.45, 7) is 2.56. The van der Waals surface area contributed by atoms with Crippen LogP contribution in [0, 0.1) is 6.92 Å². The molecular weight excluding hydrogens is 424 g/mol. The highest BCUT2D eigenvalue weighted by molar-refractivity contribution is 9.12. The number of carbonyl (C=O) groups excluding carboxylic acids is 1. The fraction of sp³-hybridized carbons (Fsp3) is 0.190. The Bertz CT molecular complexity index is 1030. The van der Waals surface area contributed by atoms with E-state index >= 15 is 0 Å². The summed E-state index contributed by atoms with van der Waals surface area (Å²) in [6.07, 6.45) is 5.45. The van der Waals surface area contributed by atoms with Gasteiger partial charge in [0.05, 0.1) is 27.2 Å². The number of pyridine rings is 1. The number of aromatic nitrogens is 2. The highest BCUT2D eigenvalue weighted by Gasteiger charge is 2.31. The second-order valence-corrected chi connectivity index (χ2v) is 7.95. The number of allylic oxidation sites excluding steroid dienone is 1. The number of fused-ring (bicyclic) bond motifs is 1. The maximum atomic E-state index is 12.7. The molecule has 0 spiro atoms. The number of benzene rings is 1. The van der Waals surface area contributed by atoms with E-state index in [4.69, 9.17) is 4.74 Å². The monoisotopic (exact) mass is 440 g/mol. The third-order valence-corrected chi connectivity index (χ3v) is 6.23. The molecule has 1 aliphatic rings. The molecule has 136 valence electrons. The molecule has 2 heterocycles. The number of ether oxygens (including phenoxy) is 1. The molecule has 0 atom stereocenters. The summed E-state index contributed by atoms with van der Waals surface area (Å²) in [4.78, 5) is 22.1. The number of hydrogen-bond acceptors (Lipinski definition) is 5. The molecule has 0 bridgehead atoms. The van der Waals surface area contributed by atoms with E-state index in [0.29, 0.717) is 16.7 Å². The van der Waals surface area contributed by atoms with Gasteiger partial charge in [0.2, 0.25) is 5.78 Å². The Kier molecular flexibility index (Phi) is 5.18. The van der Waals surface area contributed by atoms with E-state index in [-0.39, 0.29) is 5.78 Å². The Hall–Kier alpha value is -2.31. The van der Waals surface area contributed by atoms with Crippen molar-refractivity contribution in [2.24, 2.45) is 0 Å². The van der Waals surface area contributed by atoms with E-state index < -0.39 is 0 Å². The van der Waals surface area contributed by atoms with Crippen molar-refractivity contribution >= 4 is 38.6 Å². The minimum Gasteiger partial charge on any atom is -0.494 e. The zero-order valence-corrected chi connectivity index (χ0v) is 17.1. The van der Waals surface area contributed by atoms with E-state index in [1.807, 2.05) is 37.3 Å². The topological polar surface area (TPSA) is 52.1 Å². The highest BCUT2D eigenvalue weighted by Crippen LogP contribution is 2.43. The van der Waals surface area contributed by atoms with Crippen molar-refractivity contribution in [1.82, 2.24) is 9.97 Å². The summed E-state index contributed by atoms with van der Waals surface area (Å²) < 4.78 is 6.47. The van der Waals surface area contributed by atoms with E-state index in [1.165, 1.54) is 5.56 Å². The zero-order valence-electron chi connectivity index (χ0n) is 14.7. The van der Waals surface area contributed by atoms with Gasteiger partial charge in [0, 0.05) is 23.5 Å². The van der Waals surface area contributed by atoms with Crippen molar-refractivity contribution < 1.29 is 9.53 Å². The molecule has 0 amide bonds. The number of aryl methyl sites for hydroxylation is 2. The van der Waals surface area contributed by atoms with Gasteiger partial charge in [-0.05, 0) is 77.2 Å². The summed E-state index contributed by atoms with van der Waals surface area (Å²) in [6, 6.07) is 9.77. The normalized spacial score (nSPS) is 13.2. The second-order valence-electron chi connectivity index (χ2n) is 6.30. The smallest absolute Gasteiger partial charge is 0.201 e. The van der Waals surface area contributed by atoms with Crippen LogP contribution < -0.4 is 4.74 Å². The van der Waals surface area contributed by atoms with Crippen LogP contribution >= 0.6 is 27.3 Å². The standard InChI is InChI=1S/C21H17BrN2O2S/c1-13-21(27-12-24-13)18-16-5-4-15(11-17(16)20(25)19(18)22)26-10-2-3-14-6-8-23-9-7-14/h4-9,11-12H,2-3,10H2,1H3. The van der Waals surface area contributed by atoms with Gasteiger partial charge in [-0.1, -0.05) is 0 Å². The van der Waals surface area contributed by atoms with Gasteiger partial charge in [0.25, 0.3) is 0 Å². The first-order valence-corrected chi connectivity index (χ1v) is 10.3. The third kappa shape index (κ3) is 3.59. The summed E-state index contributed by atoms with van der Waals surface area (Å²) in [7, 11) is 0. The number of hydrogen-bond donors (Lipinski definition) is 0. The lowest BCUT2D eigenvalue weighted by Crippen LogP contribution is -2.01. The maximum Gasteiger partial charge on any atom is 0.201 e. The molecule has 4 rings (SSSR count). The largest absolute Gasteiger partial charge is 0.494 e. The number of rotatable bonds is 6. The third-order valence-electron chi connectivity index (χ3n) is 4.52. The minimum absolute atomic E-state index is 0.00460. The first kappa shape index (κ1) is 18.1. The van der Waals surface area contributed by atoms with Crippen molar-refractivity contribution in [3.8, 4) is 5.75 Å². The molecule has 0 saturated heterocycles. The average molecular weight is 441 g/mol. The van der Waals surface area contributed by atoms with Crippen LogP contribution in [0.3, 0.4) is 0 Å². The van der Waals surface area contributed by atoms with Gasteiger partial charge in [-0.3, -0.25) is 9.78 Å². The predicted octanol–water partition coefficient (Wildman–Crippen LogP) is 5.21. The Balaban J connectivity index is 1.47. The Labute approximate surface area is 170 Å². The molecular formula is C21H17BrN2O2S. The Morgan fingerprint density at radius 3 is 2.70 bits per heavy atom. The summed E-state index contributed by atoms with van der Waals surface area (Å²) >= 11 is 5.03. The second kappa shape index (κ2) is 7.74. The fourth-order valence-corrected chi connectivity index (χ4v) is 4.77. The van der Waals surface area contributed by atoms with Gasteiger partial charge in [-0.25, -0.2) is 4.98 Å². The molecule has 6 heteroatoms. The summed E-state index contributed by atoms with van der Waals surface area (Å²) in [5.41, 5.74) is 6.53. The van der Waals surface area contributed by atoms with Crippen LogP contribution in [-0.2, 0) is 6.42 Å². The lowest BCUT2D eigenvalue weighted by molar-refractivity contribution is 0.104. The molecule has 3 aromatic rings. The number of Topliss-reactive ketones (excluding diaryl/α,β-unsaturated/α-hetero) is 1. The molecule has 0 N–H and O–H groups in total. The first-order chi connectivity index (χ1) is 13.1. The highest BCUT2D eigenvalue weighted by atomic mass is 79.9. The average Bonchev–Trinajstić information content (AvgIpc) is 3.21. The molecule has 0 radical (unpaired) electrons. The molecule has 0 fully saturated rings. The molecule has 27 heavy (non-hydrogen) atoms. The number of nitrogens with zero attached hydrogens (tertiary/aromatic N) is 2. The van der Waals surface area contributed by atoms with E-state index in [2.05, 4.69) is 25.9 Å². The predicted molar refractivity (Wildman–Crippen MR) is 111 cm³/mol. The van der Waals surface area contributed by atoms with Crippen LogP contribution in [0.2, 0.25) is 0 Å². The molecule has 0 aliphatic heterocycles. The molecule has 0 unspecified atom stereocenters. The minimum atomic E-state index is -0.00460. The Morgan fingerprint density at radius 2 is 1.96 bits per heavy atom. The summed E-state index contributed by atoms with van der Waals surface area (Å²) in [5.74, 6) is 0.717. The van der Waals surface area contributed by atoms with Crippen LogP contribution in [0.1, 0.15) is 38.5 Å². The number of ketones is 1. The van der Waals surface area contributed by atoms with Crippen LogP contribution in [0.4, 0.5) is 0 Å². The van der Waals surface area contributed by atoms with Gasteiger partial charge >= 0.3 is 0 Å². The fourth-order valence-electron chi connectivity index (χ4n) is 3.15. The van der Waals surface area contributed by atoms with Crippen LogP contribution in [0.15, 0.2) is 52.7 Å². The van der Waals surface area contributed by atoms with Crippen LogP contribution in [0.25, 0.3) is 5.57 Å². The van der Waals surface area contributed by atoms with Crippen LogP contribution in [0.5, 0.6) is 5.75 Å². The first-order valence-electron chi connectivity index (χ1n) is 8.66. The van der Waals surface area contributed by atoms with Gasteiger partial charge < -0.3 is 4.74 Å². The van der Waals surface area contributed by atoms with Crippen LogP contribution in [-0.4, -0.2) is 22.4 Å². The van der Waals surface area contributed by atoms with Crippen molar-refractivity contribution in [3.63, 3.8) is 0 Å². The van der Waals surface area contributed by atoms with Gasteiger partial charge in [-0.15, -0.1) is 11.3 Å². The SMILES string of the molecule is Cc1ncsc1C1=C(Br)C(=O)c2cc(OCCCc3ccncc3)ccc21. The summed E-state index contributed by atoms with van der Waals surface area (Å²) in [5, 5.41) is 0. The molecule has 1 aromatic carbocycles. The quantitative estimate of drug-likeness (QED) is 0.493. The van der Waals surface area contributed by atoms with Gasteiger partial charge in [-0.2, -0.15) is 0 Å². The molecule has 1 aliphatic carbocycles. The van der Waals surface area contributed by atoms with Crippen molar-refractivity contribution in [2.45, 2.75) is 19.8 Å². The van der Waals surface area contributed by atoms with E-state index in [1.54, 1.807) is 29.2 Å².